The number of nitrogens with one attached hydrogen (secondary N) is 1. The van der Waals surface area contributed by atoms with Crippen LogP contribution < -0.4 is 20.2 Å². The third kappa shape index (κ3) is 5.38. The van der Waals surface area contributed by atoms with E-state index in [9.17, 15) is 9.59 Å². The second-order valence-corrected chi connectivity index (χ2v) is 8.66. The van der Waals surface area contributed by atoms with Crippen molar-refractivity contribution >= 4 is 22.6 Å². The van der Waals surface area contributed by atoms with Gasteiger partial charge in [-0.3, -0.25) is 9.59 Å². The molecular formula is C31H25NO5. The van der Waals surface area contributed by atoms with Gasteiger partial charge in [0.25, 0.3) is 5.91 Å². The lowest BCUT2D eigenvalue weighted by Gasteiger charge is -2.11. The Kier molecular flexibility index (Phi) is 6.72. The van der Waals surface area contributed by atoms with Crippen molar-refractivity contribution in [3.8, 4) is 28.4 Å². The molecule has 1 aromatic heterocycles. The molecule has 4 aromatic carbocycles. The molecule has 0 aliphatic rings. The van der Waals surface area contributed by atoms with Crippen molar-refractivity contribution in [1.29, 1.82) is 0 Å². The zero-order valence-electron chi connectivity index (χ0n) is 20.5. The minimum Gasteiger partial charge on any atom is -0.484 e. The van der Waals surface area contributed by atoms with Crippen LogP contribution in [0.3, 0.4) is 0 Å². The second-order valence-electron chi connectivity index (χ2n) is 8.66. The molecule has 1 heterocycles. The van der Waals surface area contributed by atoms with Crippen LogP contribution in [0.2, 0.25) is 0 Å². The molecule has 0 aliphatic heterocycles. The fraction of sp³-hybridized carbons (Fsp3) is 0.0968. The van der Waals surface area contributed by atoms with Gasteiger partial charge in [-0.1, -0.05) is 54.6 Å². The number of aryl methyl sites for hydroxylation is 1. The van der Waals surface area contributed by atoms with E-state index in [1.807, 2.05) is 86.6 Å². The number of ether oxygens (including phenoxy) is 2. The van der Waals surface area contributed by atoms with Gasteiger partial charge in [-0.15, -0.1) is 0 Å². The average molecular weight is 492 g/mol. The highest BCUT2D eigenvalue weighted by atomic mass is 16.5. The zero-order valence-corrected chi connectivity index (χ0v) is 20.5. The van der Waals surface area contributed by atoms with Gasteiger partial charge in [0.2, 0.25) is 11.2 Å². The Balaban J connectivity index is 1.26. The number of benzene rings is 4. The molecule has 5 aromatic rings. The molecule has 184 valence electrons. The Morgan fingerprint density at radius 1 is 0.838 bits per heavy atom. The molecule has 0 saturated heterocycles. The van der Waals surface area contributed by atoms with Crippen LogP contribution in [0.5, 0.6) is 17.2 Å². The molecule has 0 atom stereocenters. The van der Waals surface area contributed by atoms with Crippen molar-refractivity contribution in [2.24, 2.45) is 0 Å². The van der Waals surface area contributed by atoms with Gasteiger partial charge in [-0.2, -0.15) is 0 Å². The summed E-state index contributed by atoms with van der Waals surface area (Å²) in [4.78, 5) is 25.3. The quantitative estimate of drug-likeness (QED) is 0.268. The summed E-state index contributed by atoms with van der Waals surface area (Å²) >= 11 is 0. The van der Waals surface area contributed by atoms with Crippen molar-refractivity contribution in [3.05, 3.63) is 119 Å². The van der Waals surface area contributed by atoms with Crippen LogP contribution in [0.1, 0.15) is 11.1 Å². The summed E-state index contributed by atoms with van der Waals surface area (Å²) in [5.41, 5.74) is 5.04. The van der Waals surface area contributed by atoms with Gasteiger partial charge in [0.15, 0.2) is 6.61 Å². The molecule has 0 unspecified atom stereocenters. The van der Waals surface area contributed by atoms with E-state index in [0.717, 1.165) is 27.9 Å². The van der Waals surface area contributed by atoms with Gasteiger partial charge < -0.3 is 19.2 Å². The first-order valence-electron chi connectivity index (χ1n) is 11.9. The van der Waals surface area contributed by atoms with Crippen LogP contribution in [0.25, 0.3) is 22.1 Å². The van der Waals surface area contributed by atoms with Crippen LogP contribution in [0, 0.1) is 13.8 Å². The Morgan fingerprint density at radius 2 is 1.57 bits per heavy atom. The molecule has 0 fully saturated rings. The molecule has 0 bridgehead atoms. The van der Waals surface area contributed by atoms with Gasteiger partial charge in [-0.25, -0.2) is 0 Å². The van der Waals surface area contributed by atoms with Gasteiger partial charge in [0.1, 0.15) is 23.3 Å². The number of amides is 1. The van der Waals surface area contributed by atoms with E-state index in [-0.39, 0.29) is 23.7 Å². The highest BCUT2D eigenvalue weighted by Crippen LogP contribution is 2.27. The van der Waals surface area contributed by atoms with Crippen molar-refractivity contribution in [3.63, 3.8) is 0 Å². The van der Waals surface area contributed by atoms with Crippen molar-refractivity contribution in [2.45, 2.75) is 13.8 Å². The summed E-state index contributed by atoms with van der Waals surface area (Å²) in [6.45, 7) is 3.76. The smallest absolute Gasteiger partial charge is 0.262 e. The average Bonchev–Trinajstić information content (AvgIpc) is 2.92. The highest BCUT2D eigenvalue weighted by molar-refractivity contribution is 5.92. The molecule has 1 amide bonds. The van der Waals surface area contributed by atoms with Crippen LogP contribution in [-0.2, 0) is 4.79 Å². The Bertz CT molecular complexity index is 1620. The normalized spacial score (nSPS) is 10.8. The predicted molar refractivity (Wildman–Crippen MR) is 144 cm³/mol. The lowest BCUT2D eigenvalue weighted by Crippen LogP contribution is -2.20. The van der Waals surface area contributed by atoms with E-state index < -0.39 is 0 Å². The maximum Gasteiger partial charge on any atom is 0.262 e. The number of anilines is 1. The van der Waals surface area contributed by atoms with E-state index >= 15 is 0 Å². The van der Waals surface area contributed by atoms with Crippen LogP contribution >= 0.6 is 0 Å². The monoisotopic (exact) mass is 491 g/mol. The summed E-state index contributed by atoms with van der Waals surface area (Å²) in [6.07, 6.45) is 1.28. The standard InChI is InChI=1S/C31H25NO5/c1-20-7-6-10-27(21(20)2)32-30(33)19-35-25-15-16-26-28(17-25)36-18-29(31(26)34)37-24-13-11-23(12-14-24)22-8-4-3-5-9-22/h3-18H,19H2,1-2H3,(H,32,33). The third-order valence-electron chi connectivity index (χ3n) is 6.15. The van der Waals surface area contributed by atoms with Crippen molar-refractivity contribution < 1.29 is 18.7 Å². The zero-order chi connectivity index (χ0) is 25.8. The predicted octanol–water partition coefficient (Wildman–Crippen LogP) is 6.89. The summed E-state index contributed by atoms with van der Waals surface area (Å²) in [7, 11) is 0. The molecule has 0 saturated carbocycles. The van der Waals surface area contributed by atoms with Crippen molar-refractivity contribution in [2.75, 3.05) is 11.9 Å². The molecule has 37 heavy (non-hydrogen) atoms. The summed E-state index contributed by atoms with van der Waals surface area (Å²) in [5.74, 6) is 0.747. The molecular weight excluding hydrogens is 466 g/mol. The Morgan fingerprint density at radius 3 is 2.35 bits per heavy atom. The van der Waals surface area contributed by atoms with E-state index in [0.29, 0.717) is 22.5 Å². The first-order valence-corrected chi connectivity index (χ1v) is 11.9. The van der Waals surface area contributed by atoms with Crippen LogP contribution in [0.15, 0.2) is 106 Å². The summed E-state index contributed by atoms with van der Waals surface area (Å²) < 4.78 is 17.1. The minimum atomic E-state index is -0.299. The van der Waals surface area contributed by atoms with E-state index in [1.54, 1.807) is 18.2 Å². The summed E-state index contributed by atoms with van der Waals surface area (Å²) in [5, 5.41) is 3.21. The highest BCUT2D eigenvalue weighted by Gasteiger charge is 2.12. The van der Waals surface area contributed by atoms with E-state index in [4.69, 9.17) is 13.9 Å². The third-order valence-corrected chi connectivity index (χ3v) is 6.15. The van der Waals surface area contributed by atoms with Gasteiger partial charge in [-0.05, 0) is 66.4 Å². The number of fused-ring (bicyclic) bond motifs is 1. The maximum absolute atomic E-state index is 13.0. The minimum absolute atomic E-state index is 0.0848. The number of hydrogen-bond acceptors (Lipinski definition) is 5. The number of carbonyl (C=O) groups is 1. The maximum atomic E-state index is 13.0. The molecule has 0 spiro atoms. The first-order chi connectivity index (χ1) is 18.0. The van der Waals surface area contributed by atoms with E-state index in [2.05, 4.69) is 5.32 Å². The molecule has 5 rings (SSSR count). The van der Waals surface area contributed by atoms with Crippen LogP contribution in [-0.4, -0.2) is 12.5 Å². The number of hydrogen-bond donors (Lipinski definition) is 1. The van der Waals surface area contributed by atoms with E-state index in [1.165, 1.54) is 6.26 Å². The lowest BCUT2D eigenvalue weighted by atomic mass is 10.1. The van der Waals surface area contributed by atoms with Gasteiger partial charge >= 0.3 is 0 Å². The molecule has 0 aliphatic carbocycles. The summed E-state index contributed by atoms with van der Waals surface area (Å²) in [6, 6.07) is 28.0. The van der Waals surface area contributed by atoms with Crippen molar-refractivity contribution in [1.82, 2.24) is 0 Å². The second kappa shape index (κ2) is 10.4. The topological polar surface area (TPSA) is 77.8 Å². The first kappa shape index (κ1) is 23.9. The van der Waals surface area contributed by atoms with Gasteiger partial charge in [0, 0.05) is 11.8 Å². The number of carbonyl (C=O) groups excluding carboxylic acids is 1. The fourth-order valence-corrected chi connectivity index (χ4v) is 3.95. The number of rotatable bonds is 7. The van der Waals surface area contributed by atoms with Gasteiger partial charge in [0.05, 0.1) is 5.39 Å². The molecule has 6 nitrogen and oxygen atoms in total. The molecule has 0 radical (unpaired) electrons. The Hall–Kier alpha value is -4.84. The largest absolute Gasteiger partial charge is 0.484 e. The molecule has 1 N–H and O–H groups in total. The Labute approximate surface area is 214 Å². The fourth-order valence-electron chi connectivity index (χ4n) is 3.95. The molecule has 6 heteroatoms. The van der Waals surface area contributed by atoms with Crippen LogP contribution in [0.4, 0.5) is 5.69 Å². The lowest BCUT2D eigenvalue weighted by molar-refractivity contribution is -0.118. The SMILES string of the molecule is Cc1cccc(NC(=O)COc2ccc3c(=O)c(Oc4ccc(-c5ccccc5)cc4)coc3c2)c1C.